The Hall–Kier alpha value is -4.07. The number of nitrogens with one attached hydrogen (secondary N) is 1. The van der Waals surface area contributed by atoms with Gasteiger partial charge in [-0.2, -0.15) is 0 Å². The average Bonchev–Trinajstić information content (AvgIpc) is 2.89. The van der Waals surface area contributed by atoms with Crippen molar-refractivity contribution in [2.24, 2.45) is 0 Å². The molecule has 34 heavy (non-hydrogen) atoms. The van der Waals surface area contributed by atoms with Gasteiger partial charge >= 0.3 is 6.09 Å². The number of benzene rings is 2. The summed E-state index contributed by atoms with van der Waals surface area (Å²) in [5, 5.41) is 2.89. The van der Waals surface area contributed by atoms with Crippen molar-refractivity contribution in [2.45, 2.75) is 31.5 Å². The fourth-order valence-corrected chi connectivity index (χ4v) is 4.72. The van der Waals surface area contributed by atoms with E-state index in [-0.39, 0.29) is 30.7 Å². The summed E-state index contributed by atoms with van der Waals surface area (Å²) in [6.07, 6.45) is 3.22. The number of rotatable bonds is 5. The van der Waals surface area contributed by atoms with E-state index < -0.39 is 0 Å². The molecule has 174 valence electrons. The maximum atomic E-state index is 13.1. The monoisotopic (exact) mass is 457 g/mol. The smallest absolute Gasteiger partial charge is 0.410 e. The summed E-state index contributed by atoms with van der Waals surface area (Å²) in [5.41, 5.74) is 8.50. The number of fused-ring (bicyclic) bond motifs is 3. The summed E-state index contributed by atoms with van der Waals surface area (Å²) in [6, 6.07) is 20.4. The lowest BCUT2D eigenvalue weighted by molar-refractivity contribution is 0.0499. The van der Waals surface area contributed by atoms with Crippen LogP contribution in [0.15, 0.2) is 72.9 Å². The van der Waals surface area contributed by atoms with Crippen molar-refractivity contribution in [3.8, 4) is 0 Å². The van der Waals surface area contributed by atoms with Crippen LogP contribution in [0.25, 0.3) is 0 Å². The van der Waals surface area contributed by atoms with Crippen LogP contribution >= 0.6 is 0 Å². The average molecular weight is 458 g/mol. The Bertz CT molecular complexity index is 1190. The van der Waals surface area contributed by atoms with Crippen molar-refractivity contribution < 1.29 is 14.3 Å². The first-order valence-electron chi connectivity index (χ1n) is 11.4. The summed E-state index contributed by atoms with van der Waals surface area (Å²) in [7, 11) is 0. The molecule has 3 fully saturated rings. The first kappa shape index (κ1) is 21.8. The van der Waals surface area contributed by atoms with Crippen molar-refractivity contribution in [1.82, 2.24) is 9.88 Å². The number of para-hydroxylation sites is 2. The molecule has 2 aromatic carbocycles. The number of hydrogen-bond donors (Lipinski definition) is 2. The van der Waals surface area contributed by atoms with Crippen LogP contribution in [0.1, 0.15) is 28.8 Å². The zero-order chi connectivity index (χ0) is 23.5. The van der Waals surface area contributed by atoms with Crippen LogP contribution in [0, 0.1) is 0 Å². The van der Waals surface area contributed by atoms with Gasteiger partial charge in [0.05, 0.1) is 23.0 Å². The molecule has 8 heteroatoms. The van der Waals surface area contributed by atoms with Gasteiger partial charge in [-0.25, -0.2) is 9.78 Å². The molecule has 3 saturated heterocycles. The third kappa shape index (κ3) is 4.39. The highest BCUT2D eigenvalue weighted by Gasteiger charge is 2.43. The summed E-state index contributed by atoms with van der Waals surface area (Å²) >= 11 is 0. The van der Waals surface area contributed by atoms with Gasteiger partial charge in [-0.15, -0.1) is 0 Å². The number of aromatic nitrogens is 1. The first-order chi connectivity index (χ1) is 16.6. The molecule has 3 aliphatic rings. The molecule has 3 aliphatic heterocycles. The van der Waals surface area contributed by atoms with Crippen LogP contribution in [0.5, 0.6) is 0 Å². The molecular weight excluding hydrogens is 430 g/mol. The largest absolute Gasteiger partial charge is 0.445 e. The number of ether oxygens (including phenoxy) is 1. The van der Waals surface area contributed by atoms with Crippen molar-refractivity contribution in [1.29, 1.82) is 0 Å². The van der Waals surface area contributed by atoms with Crippen LogP contribution < -0.4 is 16.0 Å². The van der Waals surface area contributed by atoms with Crippen molar-refractivity contribution in [3.05, 3.63) is 84.1 Å². The molecule has 3 aromatic rings. The Morgan fingerprint density at radius 1 is 0.971 bits per heavy atom. The maximum Gasteiger partial charge on any atom is 0.410 e. The van der Waals surface area contributed by atoms with Gasteiger partial charge in [-0.05, 0) is 42.7 Å². The Kier molecular flexibility index (Phi) is 6.03. The summed E-state index contributed by atoms with van der Waals surface area (Å²) in [5.74, 6) is 0.364. The van der Waals surface area contributed by atoms with E-state index in [0.717, 1.165) is 18.4 Å². The molecule has 0 spiro atoms. The second-order valence-corrected chi connectivity index (χ2v) is 8.65. The van der Waals surface area contributed by atoms with Gasteiger partial charge in [-0.1, -0.05) is 42.5 Å². The first-order valence-corrected chi connectivity index (χ1v) is 11.4. The van der Waals surface area contributed by atoms with E-state index in [4.69, 9.17) is 10.5 Å². The Labute approximate surface area is 198 Å². The van der Waals surface area contributed by atoms with E-state index in [2.05, 4.69) is 15.2 Å². The minimum atomic E-state index is -0.295. The summed E-state index contributed by atoms with van der Waals surface area (Å²) in [4.78, 5) is 34.4. The number of carbonyl (C=O) groups excluding carboxylic acids is 2. The number of piperidine rings is 2. The molecule has 4 heterocycles. The van der Waals surface area contributed by atoms with E-state index in [1.54, 1.807) is 30.5 Å². The number of pyridine rings is 1. The standard InChI is InChI=1S/C26H27N5O3/c27-22-10-4-5-11-23(22)29-25(32)21-9-6-14-28-24(21)30-15-20-13-12-19(30)16-31(20)26(33)34-17-18-7-2-1-3-8-18/h1-11,14,19-20H,12-13,15-17,27H2,(H,29,32)/t19-,20-/m0/s1. The SMILES string of the molecule is Nc1ccccc1NC(=O)c1cccnc1N1C[C@@H]2CC[C@H]1CN2C(=O)OCc1ccccc1. The second kappa shape index (κ2) is 9.43. The molecule has 2 atom stereocenters. The quantitative estimate of drug-likeness (QED) is 0.564. The van der Waals surface area contributed by atoms with Crippen molar-refractivity contribution in [2.75, 3.05) is 29.0 Å². The van der Waals surface area contributed by atoms with E-state index in [0.29, 0.717) is 35.8 Å². The van der Waals surface area contributed by atoms with Crippen LogP contribution in [-0.2, 0) is 11.3 Å². The lowest BCUT2D eigenvalue weighted by Crippen LogP contribution is -2.64. The minimum Gasteiger partial charge on any atom is -0.445 e. The van der Waals surface area contributed by atoms with Crippen LogP contribution in [0.3, 0.4) is 0 Å². The number of carbonyl (C=O) groups is 2. The lowest BCUT2D eigenvalue weighted by atomic mass is 9.90. The Balaban J connectivity index is 1.29. The fraction of sp³-hybridized carbons (Fsp3) is 0.269. The number of nitrogen functional groups attached to an aromatic ring is 1. The van der Waals surface area contributed by atoms with E-state index in [9.17, 15) is 9.59 Å². The van der Waals surface area contributed by atoms with E-state index >= 15 is 0 Å². The van der Waals surface area contributed by atoms with E-state index in [1.165, 1.54) is 0 Å². The fourth-order valence-electron chi connectivity index (χ4n) is 4.72. The third-order valence-electron chi connectivity index (χ3n) is 6.48. The number of anilines is 3. The molecule has 0 unspecified atom stereocenters. The summed E-state index contributed by atoms with van der Waals surface area (Å²) in [6.45, 7) is 1.40. The predicted octanol–water partition coefficient (Wildman–Crippen LogP) is 3.91. The highest BCUT2D eigenvalue weighted by atomic mass is 16.6. The number of nitrogens with zero attached hydrogens (tertiary/aromatic N) is 3. The van der Waals surface area contributed by atoms with E-state index in [1.807, 2.05) is 47.4 Å². The Morgan fingerprint density at radius 3 is 2.50 bits per heavy atom. The second-order valence-electron chi connectivity index (χ2n) is 8.65. The number of hydrogen-bond acceptors (Lipinski definition) is 6. The molecule has 0 radical (unpaired) electrons. The molecular formula is C26H27N5O3. The molecule has 0 aliphatic carbocycles. The number of amides is 2. The minimum absolute atomic E-state index is 0.0101. The number of piperazine rings is 1. The predicted molar refractivity (Wildman–Crippen MR) is 131 cm³/mol. The van der Waals surface area contributed by atoms with Gasteiger partial charge in [0.15, 0.2) is 0 Å². The molecule has 8 nitrogen and oxygen atoms in total. The van der Waals surface area contributed by atoms with Gasteiger partial charge in [0.2, 0.25) is 0 Å². The van der Waals surface area contributed by atoms with Crippen LogP contribution in [-0.4, -0.2) is 47.1 Å². The van der Waals surface area contributed by atoms with Crippen LogP contribution in [0.2, 0.25) is 0 Å². The van der Waals surface area contributed by atoms with Crippen LogP contribution in [0.4, 0.5) is 22.0 Å². The van der Waals surface area contributed by atoms with Gasteiger partial charge in [0, 0.05) is 25.3 Å². The Morgan fingerprint density at radius 2 is 1.74 bits per heavy atom. The molecule has 2 amide bonds. The van der Waals surface area contributed by atoms with Gasteiger partial charge in [0.25, 0.3) is 5.91 Å². The highest BCUT2D eigenvalue weighted by Crippen LogP contribution is 2.34. The molecule has 3 N–H and O–H groups in total. The third-order valence-corrected chi connectivity index (χ3v) is 6.48. The molecule has 1 aromatic heterocycles. The summed E-state index contributed by atoms with van der Waals surface area (Å²) < 4.78 is 5.58. The molecule has 6 rings (SSSR count). The highest BCUT2D eigenvalue weighted by molar-refractivity contribution is 6.08. The van der Waals surface area contributed by atoms with Crippen molar-refractivity contribution in [3.63, 3.8) is 0 Å². The lowest BCUT2D eigenvalue weighted by Gasteiger charge is -2.51. The zero-order valence-corrected chi connectivity index (χ0v) is 18.8. The normalized spacial score (nSPS) is 19.1. The zero-order valence-electron chi connectivity index (χ0n) is 18.8. The van der Waals surface area contributed by atoms with Gasteiger partial charge < -0.3 is 25.6 Å². The topological polar surface area (TPSA) is 101 Å². The van der Waals surface area contributed by atoms with Gasteiger partial charge in [0.1, 0.15) is 12.4 Å². The molecule has 0 saturated carbocycles. The van der Waals surface area contributed by atoms with Gasteiger partial charge in [-0.3, -0.25) is 4.79 Å². The number of nitrogens with two attached hydrogens (primary N) is 1. The van der Waals surface area contributed by atoms with Crippen molar-refractivity contribution >= 4 is 29.2 Å². The maximum absolute atomic E-state index is 13.1. The molecule has 2 bridgehead atoms.